The Morgan fingerprint density at radius 1 is 0.333 bits per heavy atom. The molecule has 0 N–H and O–H groups in total. The molecule has 0 heterocycles. The molecule has 2 nitrogen and oxygen atoms in total. The predicted molar refractivity (Wildman–Crippen MR) is 206 cm³/mol. The Morgan fingerprint density at radius 2 is 0.854 bits per heavy atom. The summed E-state index contributed by atoms with van der Waals surface area (Å²) in [4.78, 5) is 4.76. The van der Waals surface area contributed by atoms with Crippen molar-refractivity contribution in [2.24, 2.45) is 0 Å². The van der Waals surface area contributed by atoms with Crippen LogP contribution in [0, 0.1) is 13.8 Å². The number of para-hydroxylation sites is 2. The molecule has 8 rings (SSSR count). The van der Waals surface area contributed by atoms with Gasteiger partial charge in [-0.2, -0.15) is 0 Å². The van der Waals surface area contributed by atoms with Gasteiger partial charge in [-0.15, -0.1) is 0 Å². The number of rotatable bonds is 7. The molecule has 0 atom stereocenters. The zero-order valence-corrected chi connectivity index (χ0v) is 27.2. The fraction of sp³-hybridized carbons (Fsp3) is 0.0435. The van der Waals surface area contributed by atoms with Gasteiger partial charge >= 0.3 is 0 Å². The highest BCUT2D eigenvalue weighted by Gasteiger charge is 2.19. The smallest absolute Gasteiger partial charge is 0.0540 e. The molecule has 0 bridgehead atoms. The van der Waals surface area contributed by atoms with Crippen molar-refractivity contribution < 1.29 is 0 Å². The summed E-state index contributed by atoms with van der Waals surface area (Å²) >= 11 is 0. The first-order valence-corrected chi connectivity index (χ1v) is 16.5. The summed E-state index contributed by atoms with van der Waals surface area (Å²) in [5.74, 6) is 0. The monoisotopic (exact) mass is 616 g/mol. The lowest BCUT2D eigenvalue weighted by Gasteiger charge is -2.29. The second-order valence-corrected chi connectivity index (χ2v) is 12.3. The van der Waals surface area contributed by atoms with Gasteiger partial charge < -0.3 is 9.80 Å². The van der Waals surface area contributed by atoms with Crippen LogP contribution in [-0.4, -0.2) is 0 Å². The molecule has 230 valence electrons. The molecule has 0 aliphatic carbocycles. The molecule has 0 radical (unpaired) electrons. The van der Waals surface area contributed by atoms with Gasteiger partial charge in [0.25, 0.3) is 0 Å². The molecule has 0 aromatic heterocycles. The average molecular weight is 617 g/mol. The molecule has 0 unspecified atom stereocenters. The molecule has 0 spiro atoms. The Bertz CT molecular complexity index is 2370. The first-order chi connectivity index (χ1) is 23.7. The molecule has 8 aromatic rings. The van der Waals surface area contributed by atoms with Gasteiger partial charge in [0.1, 0.15) is 0 Å². The van der Waals surface area contributed by atoms with Crippen LogP contribution in [0.4, 0.5) is 34.1 Å². The lowest BCUT2D eigenvalue weighted by Crippen LogP contribution is -2.12. The minimum absolute atomic E-state index is 1.13. The van der Waals surface area contributed by atoms with Gasteiger partial charge in [-0.3, -0.25) is 0 Å². The van der Waals surface area contributed by atoms with Gasteiger partial charge in [0, 0.05) is 33.5 Å². The van der Waals surface area contributed by atoms with Gasteiger partial charge in [0.05, 0.1) is 11.4 Å². The Hall–Kier alpha value is -6.12. The fourth-order valence-electron chi connectivity index (χ4n) is 6.98. The maximum atomic E-state index is 2.39. The van der Waals surface area contributed by atoms with E-state index in [0.29, 0.717) is 0 Å². The summed E-state index contributed by atoms with van der Waals surface area (Å²) in [6.07, 6.45) is 0. The highest BCUT2D eigenvalue weighted by molar-refractivity contribution is 6.00. The minimum atomic E-state index is 1.13. The van der Waals surface area contributed by atoms with Crippen LogP contribution >= 0.6 is 0 Å². The molecular formula is C46H36N2. The Morgan fingerprint density at radius 3 is 1.44 bits per heavy atom. The minimum Gasteiger partial charge on any atom is -0.310 e. The third kappa shape index (κ3) is 5.38. The van der Waals surface area contributed by atoms with Crippen molar-refractivity contribution in [2.75, 3.05) is 9.80 Å². The summed E-state index contributed by atoms with van der Waals surface area (Å²) in [7, 11) is 0. The van der Waals surface area contributed by atoms with E-state index in [1.54, 1.807) is 0 Å². The van der Waals surface area contributed by atoms with Crippen molar-refractivity contribution in [1.82, 2.24) is 0 Å². The lowest BCUT2D eigenvalue weighted by molar-refractivity contribution is 1.26. The van der Waals surface area contributed by atoms with Gasteiger partial charge in [0.2, 0.25) is 0 Å². The maximum absolute atomic E-state index is 2.39. The van der Waals surface area contributed by atoms with Crippen molar-refractivity contribution >= 4 is 55.7 Å². The molecular weight excluding hydrogens is 581 g/mol. The number of hydrogen-bond acceptors (Lipinski definition) is 2. The molecule has 0 aliphatic rings. The maximum Gasteiger partial charge on any atom is 0.0540 e. The fourth-order valence-corrected chi connectivity index (χ4v) is 6.98. The third-order valence-corrected chi connectivity index (χ3v) is 9.26. The van der Waals surface area contributed by atoms with Crippen LogP contribution in [0.5, 0.6) is 0 Å². The average Bonchev–Trinajstić information content (AvgIpc) is 3.14. The molecule has 2 heteroatoms. The van der Waals surface area contributed by atoms with Crippen molar-refractivity contribution in [1.29, 1.82) is 0 Å². The van der Waals surface area contributed by atoms with Crippen LogP contribution in [0.25, 0.3) is 32.7 Å². The van der Waals surface area contributed by atoms with Crippen molar-refractivity contribution in [3.8, 4) is 11.1 Å². The quantitative estimate of drug-likeness (QED) is 0.176. The summed E-state index contributed by atoms with van der Waals surface area (Å²) in [6.45, 7) is 4.45. The number of aryl methyl sites for hydroxylation is 2. The van der Waals surface area contributed by atoms with Crippen molar-refractivity contribution in [3.63, 3.8) is 0 Å². The van der Waals surface area contributed by atoms with Crippen molar-refractivity contribution in [2.45, 2.75) is 13.8 Å². The normalized spacial score (nSPS) is 11.1. The van der Waals surface area contributed by atoms with Gasteiger partial charge in [-0.25, -0.2) is 0 Å². The standard InChI is InChI=1S/C46H36N2/c1-33-32-40(47(38-19-5-3-6-20-38)45-25-13-17-35-15-9-11-23-42(35)45)28-29-41(33)37-27-30-44(34(2)31-37)48(39-21-7-4-8-22-39)46-26-14-18-36-16-10-12-24-43(36)46/h3-32H,1-2H3. The zero-order chi connectivity index (χ0) is 32.5. The predicted octanol–water partition coefficient (Wildman–Crippen LogP) is 13.2. The SMILES string of the molecule is Cc1cc(N(c2ccccc2)c2cccc3ccccc23)ccc1-c1ccc(N(c2ccccc2)c2cccc3ccccc23)c(C)c1. The van der Waals surface area contributed by atoms with Gasteiger partial charge in [-0.05, 0) is 108 Å². The van der Waals surface area contributed by atoms with Crippen LogP contribution in [0.2, 0.25) is 0 Å². The summed E-state index contributed by atoms with van der Waals surface area (Å²) in [6, 6.07) is 65.4. The molecule has 0 aliphatic heterocycles. The largest absolute Gasteiger partial charge is 0.310 e. The highest BCUT2D eigenvalue weighted by Crippen LogP contribution is 2.43. The summed E-state index contributed by atoms with van der Waals surface area (Å²) in [5, 5.41) is 4.92. The first-order valence-electron chi connectivity index (χ1n) is 16.5. The number of hydrogen-bond donors (Lipinski definition) is 0. The van der Waals surface area contributed by atoms with E-state index in [2.05, 4.69) is 206 Å². The van der Waals surface area contributed by atoms with Crippen LogP contribution in [0.15, 0.2) is 182 Å². The second kappa shape index (κ2) is 12.6. The Kier molecular flexibility index (Phi) is 7.68. The topological polar surface area (TPSA) is 6.48 Å². The molecule has 0 saturated carbocycles. The summed E-state index contributed by atoms with van der Waals surface area (Å²) in [5.41, 5.74) is 11.8. The molecule has 48 heavy (non-hydrogen) atoms. The first kappa shape index (κ1) is 29.3. The van der Waals surface area contributed by atoms with E-state index in [0.717, 1.165) is 17.1 Å². The Labute approximate surface area is 282 Å². The van der Waals surface area contributed by atoms with E-state index in [-0.39, 0.29) is 0 Å². The molecule has 8 aromatic carbocycles. The number of fused-ring (bicyclic) bond motifs is 2. The Balaban J connectivity index is 1.21. The van der Waals surface area contributed by atoms with Crippen LogP contribution in [-0.2, 0) is 0 Å². The van der Waals surface area contributed by atoms with Crippen LogP contribution < -0.4 is 9.80 Å². The zero-order valence-electron chi connectivity index (χ0n) is 27.2. The van der Waals surface area contributed by atoms with E-state index >= 15 is 0 Å². The highest BCUT2D eigenvalue weighted by atomic mass is 15.1. The number of benzene rings is 8. The van der Waals surface area contributed by atoms with E-state index in [1.165, 1.54) is 60.9 Å². The second-order valence-electron chi connectivity index (χ2n) is 12.3. The van der Waals surface area contributed by atoms with E-state index in [9.17, 15) is 0 Å². The molecule has 0 fully saturated rings. The van der Waals surface area contributed by atoms with Crippen LogP contribution in [0.1, 0.15) is 11.1 Å². The van der Waals surface area contributed by atoms with E-state index in [4.69, 9.17) is 0 Å². The molecule has 0 saturated heterocycles. The van der Waals surface area contributed by atoms with Crippen molar-refractivity contribution in [3.05, 3.63) is 193 Å². The van der Waals surface area contributed by atoms with Gasteiger partial charge in [0.15, 0.2) is 0 Å². The van der Waals surface area contributed by atoms with Gasteiger partial charge in [-0.1, -0.05) is 121 Å². The third-order valence-electron chi connectivity index (χ3n) is 9.26. The van der Waals surface area contributed by atoms with E-state index < -0.39 is 0 Å². The van der Waals surface area contributed by atoms with E-state index in [1.807, 2.05) is 0 Å². The number of nitrogens with zero attached hydrogens (tertiary/aromatic N) is 2. The summed E-state index contributed by atoms with van der Waals surface area (Å²) < 4.78 is 0. The lowest BCUT2D eigenvalue weighted by atomic mass is 9.96. The van der Waals surface area contributed by atoms with Crippen LogP contribution in [0.3, 0.4) is 0 Å². The number of anilines is 6. The molecule has 0 amide bonds.